The quantitative estimate of drug-likeness (QED) is 0.556. The van der Waals surface area contributed by atoms with E-state index >= 15 is 0 Å². The molecule has 0 nitrogen and oxygen atoms in total. The van der Waals surface area contributed by atoms with Crippen LogP contribution in [0.3, 0.4) is 0 Å². The maximum atomic E-state index is 5.34. The zero-order chi connectivity index (χ0) is 10.4. The number of thiocarbonyl (C=S) groups is 1. The van der Waals surface area contributed by atoms with E-state index in [1.807, 2.05) is 24.3 Å². The van der Waals surface area contributed by atoms with Crippen LogP contribution in [0.15, 0.2) is 43.0 Å². The van der Waals surface area contributed by atoms with Gasteiger partial charge in [-0.2, -0.15) is 0 Å². The molecule has 0 radical (unpaired) electrons. The van der Waals surface area contributed by atoms with E-state index < -0.39 is 0 Å². The average molecular weight is 222 g/mol. The van der Waals surface area contributed by atoms with Crippen LogP contribution < -0.4 is 0 Å². The summed E-state index contributed by atoms with van der Waals surface area (Å²) in [5, 5.41) is 0.514. The normalized spacial score (nSPS) is 12.1. The van der Waals surface area contributed by atoms with Gasteiger partial charge >= 0.3 is 0 Å². The van der Waals surface area contributed by atoms with Crippen LogP contribution in [0.4, 0.5) is 0 Å². The first kappa shape index (κ1) is 11.5. The van der Waals surface area contributed by atoms with Gasteiger partial charge in [0.05, 0.1) is 4.20 Å². The molecule has 0 aliphatic carbocycles. The molecule has 1 unspecified atom stereocenters. The van der Waals surface area contributed by atoms with Crippen molar-refractivity contribution >= 4 is 28.2 Å². The van der Waals surface area contributed by atoms with E-state index in [-0.39, 0.29) is 0 Å². The SMILES string of the molecule is C=CCC(C)SC(=S)c1ccccc1. The summed E-state index contributed by atoms with van der Waals surface area (Å²) in [5.41, 5.74) is 1.14. The molecular weight excluding hydrogens is 208 g/mol. The highest BCUT2D eigenvalue weighted by Gasteiger charge is 2.06. The van der Waals surface area contributed by atoms with Gasteiger partial charge in [0.1, 0.15) is 0 Å². The van der Waals surface area contributed by atoms with Gasteiger partial charge in [-0.15, -0.1) is 18.3 Å². The van der Waals surface area contributed by atoms with Crippen molar-refractivity contribution < 1.29 is 0 Å². The van der Waals surface area contributed by atoms with E-state index in [9.17, 15) is 0 Å². The van der Waals surface area contributed by atoms with Crippen LogP contribution in [0.1, 0.15) is 18.9 Å². The molecular formula is C12H14S2. The molecule has 0 fully saturated rings. The van der Waals surface area contributed by atoms with Crippen LogP contribution >= 0.6 is 24.0 Å². The monoisotopic (exact) mass is 222 g/mol. The smallest absolute Gasteiger partial charge is 0.0780 e. The number of hydrogen-bond acceptors (Lipinski definition) is 2. The lowest BCUT2D eigenvalue weighted by Gasteiger charge is -2.09. The molecule has 0 aliphatic heterocycles. The maximum absolute atomic E-state index is 5.34. The lowest BCUT2D eigenvalue weighted by atomic mass is 10.2. The van der Waals surface area contributed by atoms with Crippen molar-refractivity contribution in [1.82, 2.24) is 0 Å². The van der Waals surface area contributed by atoms with Crippen LogP contribution in [0.25, 0.3) is 0 Å². The largest absolute Gasteiger partial charge is 0.111 e. The second-order valence-electron chi connectivity index (χ2n) is 3.11. The van der Waals surface area contributed by atoms with Gasteiger partial charge in [0.15, 0.2) is 0 Å². The maximum Gasteiger partial charge on any atom is 0.0780 e. The predicted molar refractivity (Wildman–Crippen MR) is 70.0 cm³/mol. The first-order chi connectivity index (χ1) is 6.74. The second-order valence-corrected chi connectivity index (χ2v) is 5.22. The Hall–Kier alpha value is -0.600. The number of benzene rings is 1. The molecule has 1 aromatic rings. The van der Waals surface area contributed by atoms with Gasteiger partial charge in [0.25, 0.3) is 0 Å². The summed E-state index contributed by atoms with van der Waals surface area (Å²) >= 11 is 7.08. The minimum atomic E-state index is 0.514. The summed E-state index contributed by atoms with van der Waals surface area (Å²) in [6, 6.07) is 10.1. The fourth-order valence-corrected chi connectivity index (χ4v) is 2.61. The molecule has 0 aromatic heterocycles. The Morgan fingerprint density at radius 1 is 1.50 bits per heavy atom. The predicted octanol–water partition coefficient (Wildman–Crippen LogP) is 4.06. The standard InChI is InChI=1S/C12H14S2/c1-3-7-10(2)14-12(13)11-8-5-4-6-9-11/h3-6,8-10H,1,7H2,2H3. The molecule has 0 aliphatic rings. The minimum absolute atomic E-state index is 0.514. The molecule has 1 atom stereocenters. The Balaban J connectivity index is 2.55. The van der Waals surface area contributed by atoms with E-state index in [0.717, 1.165) is 16.2 Å². The van der Waals surface area contributed by atoms with Crippen LogP contribution in [0.2, 0.25) is 0 Å². The molecule has 14 heavy (non-hydrogen) atoms. The van der Waals surface area contributed by atoms with E-state index in [1.165, 1.54) is 0 Å². The Morgan fingerprint density at radius 2 is 2.14 bits per heavy atom. The summed E-state index contributed by atoms with van der Waals surface area (Å²) in [5.74, 6) is 0. The Bertz CT molecular complexity index is 303. The highest BCUT2D eigenvalue weighted by Crippen LogP contribution is 2.21. The van der Waals surface area contributed by atoms with Crippen molar-refractivity contribution in [2.24, 2.45) is 0 Å². The molecule has 0 spiro atoms. The van der Waals surface area contributed by atoms with E-state index in [2.05, 4.69) is 25.6 Å². The summed E-state index contributed by atoms with van der Waals surface area (Å²) in [6.07, 6.45) is 2.93. The van der Waals surface area contributed by atoms with Crippen molar-refractivity contribution in [3.8, 4) is 0 Å². The fraction of sp³-hybridized carbons (Fsp3) is 0.250. The molecule has 0 amide bonds. The Morgan fingerprint density at radius 3 is 2.71 bits per heavy atom. The summed E-state index contributed by atoms with van der Waals surface area (Å²) < 4.78 is 0.972. The third-order valence-electron chi connectivity index (χ3n) is 1.82. The molecule has 0 saturated carbocycles. The summed E-state index contributed by atoms with van der Waals surface area (Å²) in [7, 11) is 0. The number of allylic oxidation sites excluding steroid dienone is 1. The minimum Gasteiger partial charge on any atom is -0.111 e. The third-order valence-corrected chi connectivity index (χ3v) is 3.39. The highest BCUT2D eigenvalue weighted by molar-refractivity contribution is 8.24. The van der Waals surface area contributed by atoms with Gasteiger partial charge in [-0.3, -0.25) is 0 Å². The Kier molecular flexibility index (Phi) is 4.91. The highest BCUT2D eigenvalue weighted by atomic mass is 32.2. The third kappa shape index (κ3) is 3.64. The molecule has 0 saturated heterocycles. The van der Waals surface area contributed by atoms with Gasteiger partial charge in [-0.05, 0) is 12.0 Å². The van der Waals surface area contributed by atoms with E-state index in [0.29, 0.717) is 5.25 Å². The Labute approximate surface area is 95.4 Å². The molecule has 0 heterocycles. The van der Waals surface area contributed by atoms with Crippen molar-refractivity contribution in [1.29, 1.82) is 0 Å². The van der Waals surface area contributed by atoms with E-state index in [1.54, 1.807) is 11.8 Å². The van der Waals surface area contributed by atoms with Gasteiger partial charge in [-0.1, -0.05) is 55.5 Å². The van der Waals surface area contributed by atoms with Crippen LogP contribution in [0, 0.1) is 0 Å². The first-order valence-electron chi connectivity index (χ1n) is 4.61. The molecule has 1 aromatic carbocycles. The molecule has 0 N–H and O–H groups in total. The lowest BCUT2D eigenvalue weighted by Crippen LogP contribution is -2.00. The number of rotatable bonds is 4. The van der Waals surface area contributed by atoms with Crippen molar-refractivity contribution in [3.63, 3.8) is 0 Å². The summed E-state index contributed by atoms with van der Waals surface area (Å²) in [6.45, 7) is 5.89. The van der Waals surface area contributed by atoms with E-state index in [4.69, 9.17) is 12.2 Å². The lowest BCUT2D eigenvalue weighted by molar-refractivity contribution is 0.990. The van der Waals surface area contributed by atoms with Gasteiger partial charge in [0, 0.05) is 5.25 Å². The van der Waals surface area contributed by atoms with Gasteiger partial charge < -0.3 is 0 Å². The van der Waals surface area contributed by atoms with Crippen molar-refractivity contribution in [3.05, 3.63) is 48.6 Å². The fourth-order valence-electron chi connectivity index (χ4n) is 1.11. The molecule has 2 heteroatoms. The zero-order valence-electron chi connectivity index (χ0n) is 8.27. The molecule has 0 bridgehead atoms. The van der Waals surface area contributed by atoms with Crippen LogP contribution in [-0.2, 0) is 0 Å². The van der Waals surface area contributed by atoms with Crippen molar-refractivity contribution in [2.75, 3.05) is 0 Å². The van der Waals surface area contributed by atoms with Crippen molar-refractivity contribution in [2.45, 2.75) is 18.6 Å². The number of hydrogen-bond donors (Lipinski definition) is 0. The van der Waals surface area contributed by atoms with Crippen LogP contribution in [0.5, 0.6) is 0 Å². The average Bonchev–Trinajstić information content (AvgIpc) is 2.19. The molecule has 1 rings (SSSR count). The first-order valence-corrected chi connectivity index (χ1v) is 5.89. The van der Waals surface area contributed by atoms with Crippen LogP contribution in [-0.4, -0.2) is 9.45 Å². The van der Waals surface area contributed by atoms with Gasteiger partial charge in [0.2, 0.25) is 0 Å². The number of thioether (sulfide) groups is 1. The topological polar surface area (TPSA) is 0 Å². The zero-order valence-corrected chi connectivity index (χ0v) is 9.91. The molecule has 74 valence electrons. The summed E-state index contributed by atoms with van der Waals surface area (Å²) in [4.78, 5) is 0. The van der Waals surface area contributed by atoms with Gasteiger partial charge in [-0.25, -0.2) is 0 Å². The second kappa shape index (κ2) is 5.99.